The number of nitrogens with zero attached hydrogens (tertiary/aromatic N) is 4. The summed E-state index contributed by atoms with van der Waals surface area (Å²) < 4.78 is 4.99. The normalized spacial score (nSPS) is 10.5. The average Bonchev–Trinajstić information content (AvgIpc) is 3.12. The second kappa shape index (κ2) is 8.43. The molecule has 0 saturated heterocycles. The average molecular weight is 379 g/mol. The molecule has 1 heterocycles. The van der Waals surface area contributed by atoms with Gasteiger partial charge in [-0.2, -0.15) is 4.80 Å². The maximum absolute atomic E-state index is 11.9. The number of amides is 1. The van der Waals surface area contributed by atoms with Gasteiger partial charge in [0, 0.05) is 11.3 Å². The summed E-state index contributed by atoms with van der Waals surface area (Å²) in [6, 6.07) is 13.2. The van der Waals surface area contributed by atoms with Crippen LogP contribution in [0.1, 0.15) is 16.7 Å². The van der Waals surface area contributed by atoms with Gasteiger partial charge in [-0.3, -0.25) is 4.79 Å². The molecule has 0 radical (unpaired) electrons. The lowest BCUT2D eigenvalue weighted by atomic mass is 10.1. The van der Waals surface area contributed by atoms with Crippen LogP contribution >= 0.6 is 0 Å². The first-order chi connectivity index (χ1) is 13.4. The highest BCUT2D eigenvalue weighted by molar-refractivity contribution is 5.92. The van der Waals surface area contributed by atoms with Crippen LogP contribution in [-0.2, 0) is 20.9 Å². The van der Waals surface area contributed by atoms with Crippen LogP contribution in [-0.4, -0.2) is 38.7 Å². The summed E-state index contributed by atoms with van der Waals surface area (Å²) in [6.45, 7) is 5.33. The van der Waals surface area contributed by atoms with Crippen molar-refractivity contribution < 1.29 is 14.3 Å². The lowest BCUT2D eigenvalue weighted by Crippen LogP contribution is -2.23. The number of esters is 1. The van der Waals surface area contributed by atoms with Gasteiger partial charge < -0.3 is 10.1 Å². The first-order valence-corrected chi connectivity index (χ1v) is 8.78. The Bertz CT molecular complexity index is 995. The fraction of sp³-hybridized carbons (Fsp3) is 0.250. The second-order valence-electron chi connectivity index (χ2n) is 6.52. The highest BCUT2D eigenvalue weighted by Crippen LogP contribution is 2.15. The third-order valence-electron chi connectivity index (χ3n) is 4.19. The van der Waals surface area contributed by atoms with Gasteiger partial charge in [0.2, 0.25) is 5.82 Å². The largest absolute Gasteiger partial charge is 0.454 e. The molecule has 1 amide bonds. The molecular formula is C20H21N5O3. The Morgan fingerprint density at radius 1 is 1.04 bits per heavy atom. The number of carbonyl (C=O) groups excluding carboxylic acids is 2. The van der Waals surface area contributed by atoms with Crippen molar-refractivity contribution in [2.75, 3.05) is 11.9 Å². The topological polar surface area (TPSA) is 99.0 Å². The Labute approximate surface area is 162 Å². The predicted octanol–water partition coefficient (Wildman–Crippen LogP) is 2.45. The van der Waals surface area contributed by atoms with Gasteiger partial charge in [-0.25, -0.2) is 4.79 Å². The SMILES string of the molecule is Cc1ccc(-c2nnn(CC(=O)OCC(=O)Nc3ccc(C)c(C)c3)n2)cc1. The van der Waals surface area contributed by atoms with Gasteiger partial charge in [0.05, 0.1) is 0 Å². The van der Waals surface area contributed by atoms with Crippen LogP contribution in [0.15, 0.2) is 42.5 Å². The molecule has 0 unspecified atom stereocenters. The van der Waals surface area contributed by atoms with Crippen molar-refractivity contribution in [3.8, 4) is 11.4 Å². The van der Waals surface area contributed by atoms with Crippen LogP contribution in [0.4, 0.5) is 5.69 Å². The third kappa shape index (κ3) is 5.00. The Morgan fingerprint density at radius 3 is 2.50 bits per heavy atom. The Hall–Kier alpha value is -3.55. The van der Waals surface area contributed by atoms with Crippen LogP contribution in [0.3, 0.4) is 0 Å². The highest BCUT2D eigenvalue weighted by atomic mass is 16.5. The molecule has 0 fully saturated rings. The maximum Gasteiger partial charge on any atom is 0.330 e. The van der Waals surface area contributed by atoms with Crippen molar-refractivity contribution in [1.29, 1.82) is 0 Å². The maximum atomic E-state index is 11.9. The zero-order valence-corrected chi connectivity index (χ0v) is 16.0. The molecule has 0 aliphatic carbocycles. The van der Waals surface area contributed by atoms with Gasteiger partial charge in [0.25, 0.3) is 5.91 Å². The summed E-state index contributed by atoms with van der Waals surface area (Å²) in [6.07, 6.45) is 0. The van der Waals surface area contributed by atoms with Crippen molar-refractivity contribution in [2.24, 2.45) is 0 Å². The first kappa shape index (κ1) is 19.2. The summed E-state index contributed by atoms with van der Waals surface area (Å²) in [5.74, 6) is -0.619. The van der Waals surface area contributed by atoms with Crippen molar-refractivity contribution in [2.45, 2.75) is 27.3 Å². The number of aromatic nitrogens is 4. The number of aryl methyl sites for hydroxylation is 3. The van der Waals surface area contributed by atoms with Gasteiger partial charge in [-0.1, -0.05) is 35.9 Å². The van der Waals surface area contributed by atoms with Crippen LogP contribution in [0, 0.1) is 20.8 Å². The summed E-state index contributed by atoms with van der Waals surface area (Å²) >= 11 is 0. The van der Waals surface area contributed by atoms with Crippen molar-refractivity contribution >= 4 is 17.6 Å². The lowest BCUT2D eigenvalue weighted by molar-refractivity contribution is -0.148. The zero-order chi connectivity index (χ0) is 20.1. The molecule has 0 aliphatic heterocycles. The monoisotopic (exact) mass is 379 g/mol. The standard InChI is InChI=1S/C20H21N5O3/c1-13-4-7-16(8-5-13)20-22-24-25(23-20)11-19(27)28-12-18(26)21-17-9-6-14(2)15(3)10-17/h4-10H,11-12H2,1-3H3,(H,21,26). The van der Waals surface area contributed by atoms with Crippen LogP contribution in [0.5, 0.6) is 0 Å². The molecule has 8 nitrogen and oxygen atoms in total. The third-order valence-corrected chi connectivity index (χ3v) is 4.19. The van der Waals surface area contributed by atoms with Crippen molar-refractivity contribution in [1.82, 2.24) is 20.2 Å². The Morgan fingerprint density at radius 2 is 1.79 bits per heavy atom. The van der Waals surface area contributed by atoms with E-state index >= 15 is 0 Å². The molecular weight excluding hydrogens is 358 g/mol. The first-order valence-electron chi connectivity index (χ1n) is 8.78. The number of hydrogen-bond donors (Lipinski definition) is 1. The summed E-state index contributed by atoms with van der Waals surface area (Å²) in [5.41, 5.74) is 4.79. The van der Waals surface area contributed by atoms with E-state index in [-0.39, 0.29) is 13.2 Å². The second-order valence-corrected chi connectivity index (χ2v) is 6.52. The zero-order valence-electron chi connectivity index (χ0n) is 16.0. The molecule has 0 spiro atoms. The molecule has 3 rings (SSSR count). The Balaban J connectivity index is 1.49. The highest BCUT2D eigenvalue weighted by Gasteiger charge is 2.12. The van der Waals surface area contributed by atoms with Gasteiger partial charge in [-0.05, 0) is 49.2 Å². The van der Waals surface area contributed by atoms with Gasteiger partial charge in [0.15, 0.2) is 13.2 Å². The number of tetrazole rings is 1. The van der Waals surface area contributed by atoms with Crippen molar-refractivity contribution in [3.05, 3.63) is 59.2 Å². The number of benzene rings is 2. The molecule has 0 atom stereocenters. The van der Waals surface area contributed by atoms with Crippen LogP contribution in [0.25, 0.3) is 11.4 Å². The van der Waals surface area contributed by atoms with Gasteiger partial charge in [-0.15, -0.1) is 10.2 Å². The summed E-state index contributed by atoms with van der Waals surface area (Å²) in [5, 5.41) is 14.6. The molecule has 0 bridgehead atoms. The quantitative estimate of drug-likeness (QED) is 0.661. The van der Waals surface area contributed by atoms with E-state index in [1.165, 1.54) is 0 Å². The molecule has 2 aromatic carbocycles. The van der Waals surface area contributed by atoms with Gasteiger partial charge in [0.1, 0.15) is 0 Å². The molecule has 1 N–H and O–H groups in total. The van der Waals surface area contributed by atoms with Crippen LogP contribution in [0.2, 0.25) is 0 Å². The molecule has 0 saturated carbocycles. The predicted molar refractivity (Wildman–Crippen MR) is 103 cm³/mol. The molecule has 8 heteroatoms. The molecule has 0 aliphatic rings. The van der Waals surface area contributed by atoms with E-state index in [2.05, 4.69) is 20.7 Å². The Kier molecular flexibility index (Phi) is 5.78. The van der Waals surface area contributed by atoms with E-state index < -0.39 is 11.9 Å². The molecule has 28 heavy (non-hydrogen) atoms. The lowest BCUT2D eigenvalue weighted by Gasteiger charge is -2.08. The minimum absolute atomic E-state index is 0.226. The van der Waals surface area contributed by atoms with Crippen molar-refractivity contribution in [3.63, 3.8) is 0 Å². The van der Waals surface area contributed by atoms with Gasteiger partial charge >= 0.3 is 5.97 Å². The fourth-order valence-corrected chi connectivity index (χ4v) is 2.45. The number of hydrogen-bond acceptors (Lipinski definition) is 6. The van der Waals surface area contributed by atoms with E-state index in [4.69, 9.17) is 4.74 Å². The van der Waals surface area contributed by atoms with E-state index in [1.54, 1.807) is 6.07 Å². The number of anilines is 1. The van der Waals surface area contributed by atoms with E-state index in [0.717, 1.165) is 27.1 Å². The minimum Gasteiger partial charge on any atom is -0.454 e. The number of ether oxygens (including phenoxy) is 1. The minimum atomic E-state index is -0.622. The van der Waals surface area contributed by atoms with E-state index in [1.807, 2.05) is 57.2 Å². The molecule has 3 aromatic rings. The molecule has 144 valence electrons. The fourth-order valence-electron chi connectivity index (χ4n) is 2.45. The van der Waals surface area contributed by atoms with E-state index in [0.29, 0.717) is 11.5 Å². The van der Waals surface area contributed by atoms with Crippen LogP contribution < -0.4 is 5.32 Å². The van der Waals surface area contributed by atoms with E-state index in [9.17, 15) is 9.59 Å². The number of rotatable bonds is 6. The number of nitrogens with one attached hydrogen (secondary N) is 1. The molecule has 1 aromatic heterocycles. The summed E-state index contributed by atoms with van der Waals surface area (Å²) in [7, 11) is 0. The number of carbonyl (C=O) groups is 2. The smallest absolute Gasteiger partial charge is 0.330 e. The summed E-state index contributed by atoms with van der Waals surface area (Å²) in [4.78, 5) is 25.0.